The molecule has 2 aromatic heterocycles. The Labute approximate surface area is 144 Å². The van der Waals surface area contributed by atoms with E-state index in [0.717, 1.165) is 16.2 Å². The van der Waals surface area contributed by atoms with Crippen LogP contribution in [-0.2, 0) is 24.3 Å². The van der Waals surface area contributed by atoms with Crippen LogP contribution in [0.2, 0.25) is 5.02 Å². The molecular weight excluding hydrogens is 330 g/mol. The summed E-state index contributed by atoms with van der Waals surface area (Å²) in [6, 6.07) is 15.1. The van der Waals surface area contributed by atoms with Crippen molar-refractivity contribution in [2.24, 2.45) is 0 Å². The fourth-order valence-electron chi connectivity index (χ4n) is 2.30. The van der Waals surface area contributed by atoms with Crippen LogP contribution in [0.3, 0.4) is 0 Å². The number of thiophene rings is 1. The van der Waals surface area contributed by atoms with Gasteiger partial charge in [0, 0.05) is 9.90 Å². The molecule has 0 aliphatic rings. The Morgan fingerprint density at radius 1 is 1.09 bits per heavy atom. The van der Waals surface area contributed by atoms with E-state index >= 15 is 0 Å². The predicted octanol–water partition coefficient (Wildman–Crippen LogP) is 4.77. The van der Waals surface area contributed by atoms with Crippen LogP contribution in [-0.4, -0.2) is 10.8 Å². The molecule has 0 bridgehead atoms. The van der Waals surface area contributed by atoms with Crippen molar-refractivity contribution in [3.63, 3.8) is 0 Å². The lowest BCUT2D eigenvalue weighted by Crippen LogP contribution is -2.31. The van der Waals surface area contributed by atoms with Crippen molar-refractivity contribution < 1.29 is 9.21 Å². The van der Waals surface area contributed by atoms with Gasteiger partial charge < -0.3 is 9.32 Å². The number of rotatable bonds is 6. The van der Waals surface area contributed by atoms with Crippen LogP contribution in [0.1, 0.15) is 16.2 Å². The van der Waals surface area contributed by atoms with Crippen molar-refractivity contribution in [2.45, 2.75) is 19.5 Å². The van der Waals surface area contributed by atoms with Gasteiger partial charge in [0.05, 0.1) is 25.8 Å². The van der Waals surface area contributed by atoms with E-state index in [2.05, 4.69) is 0 Å². The van der Waals surface area contributed by atoms with Crippen LogP contribution in [0.15, 0.2) is 64.6 Å². The zero-order chi connectivity index (χ0) is 16.1. The largest absolute Gasteiger partial charge is 0.467 e. The van der Waals surface area contributed by atoms with Crippen molar-refractivity contribution in [1.82, 2.24) is 4.90 Å². The third-order valence-electron chi connectivity index (χ3n) is 3.47. The topological polar surface area (TPSA) is 33.5 Å². The van der Waals surface area contributed by atoms with Gasteiger partial charge in [-0.05, 0) is 41.3 Å². The maximum atomic E-state index is 12.7. The molecule has 0 aliphatic heterocycles. The molecule has 5 heteroatoms. The molecule has 0 radical (unpaired) electrons. The second-order valence-electron chi connectivity index (χ2n) is 5.21. The van der Waals surface area contributed by atoms with E-state index in [1.807, 2.05) is 46.7 Å². The van der Waals surface area contributed by atoms with Gasteiger partial charge in [0.15, 0.2) is 0 Å². The van der Waals surface area contributed by atoms with Gasteiger partial charge in [-0.2, -0.15) is 0 Å². The summed E-state index contributed by atoms with van der Waals surface area (Å²) in [6.07, 6.45) is 1.98. The first-order valence-corrected chi connectivity index (χ1v) is 8.53. The summed E-state index contributed by atoms with van der Waals surface area (Å²) in [5, 5.41) is 2.69. The maximum absolute atomic E-state index is 12.7. The van der Waals surface area contributed by atoms with Gasteiger partial charge >= 0.3 is 0 Å². The molecule has 3 nitrogen and oxygen atoms in total. The highest BCUT2D eigenvalue weighted by Crippen LogP contribution is 2.17. The molecule has 3 aromatic rings. The van der Waals surface area contributed by atoms with E-state index in [9.17, 15) is 4.79 Å². The average Bonchev–Trinajstić information content (AvgIpc) is 3.22. The van der Waals surface area contributed by atoms with Crippen LogP contribution >= 0.6 is 22.9 Å². The Bertz CT molecular complexity index is 700. The van der Waals surface area contributed by atoms with Crippen LogP contribution in [0.4, 0.5) is 0 Å². The molecule has 0 N–H and O–H groups in total. The van der Waals surface area contributed by atoms with Gasteiger partial charge in [-0.3, -0.25) is 4.79 Å². The van der Waals surface area contributed by atoms with E-state index in [0.29, 0.717) is 24.5 Å². The smallest absolute Gasteiger partial charge is 0.227 e. The zero-order valence-electron chi connectivity index (χ0n) is 12.4. The minimum Gasteiger partial charge on any atom is -0.467 e. The van der Waals surface area contributed by atoms with E-state index in [4.69, 9.17) is 16.0 Å². The SMILES string of the molecule is O=C(Cc1ccc(Cl)cc1)N(Cc1ccco1)Cc1cccs1. The number of halogens is 1. The molecule has 0 spiro atoms. The summed E-state index contributed by atoms with van der Waals surface area (Å²) in [4.78, 5) is 15.7. The highest BCUT2D eigenvalue weighted by Gasteiger charge is 2.17. The van der Waals surface area contributed by atoms with Gasteiger partial charge in [-0.15, -0.1) is 11.3 Å². The molecule has 0 saturated carbocycles. The van der Waals surface area contributed by atoms with E-state index in [1.165, 1.54) is 0 Å². The zero-order valence-corrected chi connectivity index (χ0v) is 14.0. The molecule has 0 atom stereocenters. The minimum absolute atomic E-state index is 0.0668. The summed E-state index contributed by atoms with van der Waals surface area (Å²) in [7, 11) is 0. The maximum Gasteiger partial charge on any atom is 0.227 e. The van der Waals surface area contributed by atoms with Gasteiger partial charge in [-0.25, -0.2) is 0 Å². The highest BCUT2D eigenvalue weighted by atomic mass is 35.5. The molecule has 3 rings (SSSR count). The summed E-state index contributed by atoms with van der Waals surface area (Å²) in [5.74, 6) is 0.850. The minimum atomic E-state index is 0.0668. The van der Waals surface area contributed by atoms with Crippen molar-refractivity contribution in [3.8, 4) is 0 Å². The Morgan fingerprint density at radius 2 is 1.91 bits per heavy atom. The molecule has 2 heterocycles. The Hall–Kier alpha value is -2.04. The van der Waals surface area contributed by atoms with E-state index < -0.39 is 0 Å². The molecule has 0 aliphatic carbocycles. The fraction of sp³-hybridized carbons (Fsp3) is 0.167. The normalized spacial score (nSPS) is 10.7. The van der Waals surface area contributed by atoms with E-state index in [1.54, 1.807) is 29.7 Å². The predicted molar refractivity (Wildman–Crippen MR) is 92.4 cm³/mol. The molecule has 0 unspecified atom stereocenters. The summed E-state index contributed by atoms with van der Waals surface area (Å²) in [5.41, 5.74) is 0.954. The molecule has 23 heavy (non-hydrogen) atoms. The van der Waals surface area contributed by atoms with Crippen molar-refractivity contribution in [2.75, 3.05) is 0 Å². The van der Waals surface area contributed by atoms with Gasteiger partial charge in [0.2, 0.25) is 5.91 Å². The lowest BCUT2D eigenvalue weighted by Gasteiger charge is -2.21. The monoisotopic (exact) mass is 345 g/mol. The van der Waals surface area contributed by atoms with Crippen LogP contribution < -0.4 is 0 Å². The number of carbonyl (C=O) groups excluding carboxylic acids is 1. The molecule has 118 valence electrons. The third kappa shape index (κ3) is 4.47. The Morgan fingerprint density at radius 3 is 2.57 bits per heavy atom. The number of nitrogens with zero attached hydrogens (tertiary/aromatic N) is 1. The van der Waals surface area contributed by atoms with Crippen LogP contribution in [0.25, 0.3) is 0 Å². The number of hydrogen-bond acceptors (Lipinski definition) is 3. The number of carbonyl (C=O) groups is 1. The lowest BCUT2D eigenvalue weighted by atomic mass is 10.1. The molecule has 1 amide bonds. The van der Waals surface area contributed by atoms with Gasteiger partial charge in [0.1, 0.15) is 5.76 Å². The molecular formula is C18H16ClNO2S. The third-order valence-corrected chi connectivity index (χ3v) is 4.59. The Kier molecular flexibility index (Phi) is 5.16. The van der Waals surface area contributed by atoms with Gasteiger partial charge in [-0.1, -0.05) is 29.8 Å². The van der Waals surface area contributed by atoms with Crippen molar-refractivity contribution in [3.05, 3.63) is 81.4 Å². The summed E-state index contributed by atoms with van der Waals surface area (Å²) < 4.78 is 5.39. The number of amides is 1. The summed E-state index contributed by atoms with van der Waals surface area (Å²) >= 11 is 7.54. The summed E-state index contributed by atoms with van der Waals surface area (Å²) in [6.45, 7) is 1.06. The number of hydrogen-bond donors (Lipinski definition) is 0. The molecule has 1 aromatic carbocycles. The van der Waals surface area contributed by atoms with Crippen LogP contribution in [0.5, 0.6) is 0 Å². The van der Waals surface area contributed by atoms with Crippen molar-refractivity contribution in [1.29, 1.82) is 0 Å². The average molecular weight is 346 g/mol. The highest BCUT2D eigenvalue weighted by molar-refractivity contribution is 7.09. The first-order valence-electron chi connectivity index (χ1n) is 7.28. The standard InChI is InChI=1S/C18H16ClNO2S/c19-15-7-5-14(6-8-15)11-18(21)20(12-16-3-1-9-22-16)13-17-4-2-10-23-17/h1-10H,11-13H2. The first-order chi connectivity index (χ1) is 11.2. The number of furan rings is 1. The van der Waals surface area contributed by atoms with E-state index in [-0.39, 0.29) is 5.91 Å². The fourth-order valence-corrected chi connectivity index (χ4v) is 3.15. The van der Waals surface area contributed by atoms with Gasteiger partial charge in [0.25, 0.3) is 0 Å². The first kappa shape index (κ1) is 15.8. The Balaban J connectivity index is 1.73. The lowest BCUT2D eigenvalue weighted by molar-refractivity contribution is -0.131. The molecule has 0 fully saturated rings. The number of benzene rings is 1. The molecule has 0 saturated heterocycles. The quantitative estimate of drug-likeness (QED) is 0.645. The second-order valence-corrected chi connectivity index (χ2v) is 6.68. The second kappa shape index (κ2) is 7.49. The van der Waals surface area contributed by atoms with Crippen molar-refractivity contribution >= 4 is 28.8 Å². The van der Waals surface area contributed by atoms with Crippen LogP contribution in [0, 0.1) is 0 Å².